The van der Waals surface area contributed by atoms with Crippen molar-refractivity contribution >= 4 is 22.6 Å². The molecule has 0 unspecified atom stereocenters. The van der Waals surface area contributed by atoms with Crippen LogP contribution < -0.4 is 4.90 Å². The Morgan fingerprint density at radius 3 is 2.76 bits per heavy atom. The fraction of sp³-hybridized carbons (Fsp3) is 0.375. The van der Waals surface area contributed by atoms with Crippen LogP contribution >= 0.6 is 0 Å². The maximum Gasteiger partial charge on any atom is 0.336 e. The molecular weight excluding hydrogens is 271 g/mol. The molecule has 1 N–H and O–H groups in total. The van der Waals surface area contributed by atoms with Gasteiger partial charge in [-0.05, 0) is 43.0 Å². The minimum absolute atomic E-state index is 0.227. The quantitative estimate of drug-likeness (QED) is 0.942. The number of pyridine rings is 1. The van der Waals surface area contributed by atoms with E-state index < -0.39 is 11.6 Å². The van der Waals surface area contributed by atoms with Gasteiger partial charge in [-0.1, -0.05) is 0 Å². The van der Waals surface area contributed by atoms with Gasteiger partial charge < -0.3 is 10.0 Å². The summed E-state index contributed by atoms with van der Waals surface area (Å²) in [6.07, 6.45) is 3.49. The molecule has 2 aliphatic rings. The van der Waals surface area contributed by atoms with Crippen molar-refractivity contribution in [1.29, 1.82) is 0 Å². The first-order valence-electron chi connectivity index (χ1n) is 7.13. The van der Waals surface area contributed by atoms with Crippen LogP contribution in [-0.4, -0.2) is 34.8 Å². The average Bonchev–Trinajstić information content (AvgIpc) is 3.27. The predicted octanol–water partition coefficient (Wildman–Crippen LogP) is 2.87. The zero-order valence-electron chi connectivity index (χ0n) is 11.4. The van der Waals surface area contributed by atoms with E-state index >= 15 is 0 Å². The molecule has 2 aromatic rings. The van der Waals surface area contributed by atoms with Gasteiger partial charge in [0.25, 0.3) is 0 Å². The number of fused-ring (bicyclic) bond motifs is 1. The van der Waals surface area contributed by atoms with Crippen molar-refractivity contribution in [3.8, 4) is 0 Å². The van der Waals surface area contributed by atoms with Crippen LogP contribution in [0.15, 0.2) is 30.5 Å². The number of aromatic carboxylic acids is 1. The molecule has 1 aliphatic heterocycles. The van der Waals surface area contributed by atoms with Gasteiger partial charge in [-0.2, -0.15) is 0 Å². The van der Waals surface area contributed by atoms with Crippen LogP contribution in [0.3, 0.4) is 0 Å². The third-order valence-corrected chi connectivity index (χ3v) is 4.54. The summed E-state index contributed by atoms with van der Waals surface area (Å²) in [5.74, 6) is -0.744. The van der Waals surface area contributed by atoms with Crippen LogP contribution in [0.5, 0.6) is 0 Å². The number of rotatable bonds is 3. The molecule has 1 saturated heterocycles. The Bertz CT molecular complexity index is 736. The number of alkyl halides is 1. The van der Waals surface area contributed by atoms with E-state index in [0.717, 1.165) is 18.5 Å². The summed E-state index contributed by atoms with van der Waals surface area (Å²) in [5.41, 5.74) is 0.704. The van der Waals surface area contributed by atoms with E-state index in [1.54, 1.807) is 12.1 Å². The fourth-order valence-corrected chi connectivity index (χ4v) is 3.15. The Morgan fingerprint density at radius 2 is 2.10 bits per heavy atom. The Balaban J connectivity index is 1.68. The highest BCUT2D eigenvalue weighted by Crippen LogP contribution is 2.48. The Kier molecular flexibility index (Phi) is 2.49. The van der Waals surface area contributed by atoms with Crippen molar-refractivity contribution in [1.82, 2.24) is 4.98 Å². The smallest absolute Gasteiger partial charge is 0.336 e. The van der Waals surface area contributed by atoms with Crippen LogP contribution in [0.2, 0.25) is 0 Å². The highest BCUT2D eigenvalue weighted by molar-refractivity contribution is 6.03. The molecule has 108 valence electrons. The maximum atomic E-state index is 14.4. The summed E-state index contributed by atoms with van der Waals surface area (Å²) in [6, 6.07) is 6.98. The molecule has 1 aromatic carbocycles. The Morgan fingerprint density at radius 1 is 1.33 bits per heavy atom. The number of halogens is 1. The van der Waals surface area contributed by atoms with E-state index in [1.807, 2.05) is 11.0 Å². The van der Waals surface area contributed by atoms with Crippen LogP contribution in [0.4, 0.5) is 10.1 Å². The number of benzene rings is 1. The number of aromatic nitrogens is 1. The van der Waals surface area contributed by atoms with Gasteiger partial charge >= 0.3 is 5.97 Å². The SMILES string of the molecule is O=C(O)c1ccnc2ccc(N3CC(F)(C4CC4)C3)cc12. The monoisotopic (exact) mass is 286 g/mol. The van der Waals surface area contributed by atoms with Crippen molar-refractivity contribution in [3.63, 3.8) is 0 Å². The third kappa shape index (κ3) is 1.95. The molecule has 5 heteroatoms. The second-order valence-corrected chi connectivity index (χ2v) is 6.03. The zero-order chi connectivity index (χ0) is 14.6. The first-order valence-corrected chi connectivity index (χ1v) is 7.13. The normalized spacial score (nSPS) is 20.3. The van der Waals surface area contributed by atoms with Gasteiger partial charge in [-0.3, -0.25) is 4.98 Å². The minimum Gasteiger partial charge on any atom is -0.478 e. The Labute approximate surface area is 121 Å². The molecule has 21 heavy (non-hydrogen) atoms. The van der Waals surface area contributed by atoms with Crippen molar-refractivity contribution < 1.29 is 14.3 Å². The summed E-state index contributed by atoms with van der Waals surface area (Å²) in [5, 5.41) is 9.85. The lowest BCUT2D eigenvalue weighted by Gasteiger charge is -2.46. The molecule has 4 nitrogen and oxygen atoms in total. The molecular formula is C16H15FN2O2. The predicted molar refractivity (Wildman–Crippen MR) is 77.5 cm³/mol. The van der Waals surface area contributed by atoms with Crippen molar-refractivity contribution in [3.05, 3.63) is 36.0 Å². The standard InChI is InChI=1S/C16H15FN2O2/c17-16(10-1-2-10)8-19(9-16)11-3-4-14-13(7-11)12(15(20)21)5-6-18-14/h3-7,10H,1-2,8-9H2,(H,20,21). The zero-order valence-corrected chi connectivity index (χ0v) is 11.4. The summed E-state index contributed by atoms with van der Waals surface area (Å²) in [6.45, 7) is 0.817. The van der Waals surface area contributed by atoms with E-state index in [4.69, 9.17) is 0 Å². The molecule has 1 aromatic heterocycles. The second kappa shape index (κ2) is 4.16. The Hall–Kier alpha value is -2.17. The number of hydrogen-bond donors (Lipinski definition) is 1. The summed E-state index contributed by atoms with van der Waals surface area (Å²) < 4.78 is 14.4. The van der Waals surface area contributed by atoms with Gasteiger partial charge in [0.05, 0.1) is 24.2 Å². The fourth-order valence-electron chi connectivity index (χ4n) is 3.15. The molecule has 1 aliphatic carbocycles. The van der Waals surface area contributed by atoms with Crippen molar-refractivity contribution in [2.75, 3.05) is 18.0 Å². The molecule has 2 fully saturated rings. The summed E-state index contributed by atoms with van der Waals surface area (Å²) in [7, 11) is 0. The van der Waals surface area contributed by atoms with E-state index in [-0.39, 0.29) is 11.5 Å². The van der Waals surface area contributed by atoms with E-state index in [1.165, 1.54) is 12.3 Å². The van der Waals surface area contributed by atoms with Crippen LogP contribution in [0.1, 0.15) is 23.2 Å². The number of carbonyl (C=O) groups is 1. The van der Waals surface area contributed by atoms with Crippen molar-refractivity contribution in [2.45, 2.75) is 18.5 Å². The molecule has 0 amide bonds. The highest BCUT2D eigenvalue weighted by Gasteiger charge is 2.54. The van der Waals surface area contributed by atoms with Gasteiger partial charge in [0.15, 0.2) is 0 Å². The molecule has 4 rings (SSSR count). The maximum absolute atomic E-state index is 14.4. The van der Waals surface area contributed by atoms with Gasteiger partial charge in [0.2, 0.25) is 0 Å². The lowest BCUT2D eigenvalue weighted by Crippen LogP contribution is -2.60. The molecule has 2 heterocycles. The van der Waals surface area contributed by atoms with Gasteiger partial charge in [0.1, 0.15) is 5.67 Å². The average molecular weight is 286 g/mol. The van der Waals surface area contributed by atoms with Crippen LogP contribution in [0, 0.1) is 5.92 Å². The largest absolute Gasteiger partial charge is 0.478 e. The summed E-state index contributed by atoms with van der Waals surface area (Å²) >= 11 is 0. The lowest BCUT2D eigenvalue weighted by atomic mass is 9.90. The topological polar surface area (TPSA) is 53.4 Å². The number of carboxylic acid groups (broad SMARTS) is 1. The number of hydrogen-bond acceptors (Lipinski definition) is 3. The molecule has 1 saturated carbocycles. The van der Waals surface area contributed by atoms with E-state index in [0.29, 0.717) is 24.0 Å². The van der Waals surface area contributed by atoms with Gasteiger partial charge in [-0.25, -0.2) is 9.18 Å². The summed E-state index contributed by atoms with van der Waals surface area (Å²) in [4.78, 5) is 17.4. The molecule has 0 bridgehead atoms. The van der Waals surface area contributed by atoms with Crippen LogP contribution in [-0.2, 0) is 0 Å². The number of carboxylic acids is 1. The molecule has 0 radical (unpaired) electrons. The second-order valence-electron chi connectivity index (χ2n) is 6.03. The number of anilines is 1. The van der Waals surface area contributed by atoms with Gasteiger partial charge in [0, 0.05) is 17.3 Å². The van der Waals surface area contributed by atoms with Gasteiger partial charge in [-0.15, -0.1) is 0 Å². The first-order chi connectivity index (χ1) is 10.1. The van der Waals surface area contributed by atoms with E-state index in [2.05, 4.69) is 4.98 Å². The highest BCUT2D eigenvalue weighted by atomic mass is 19.1. The first kappa shape index (κ1) is 12.6. The van der Waals surface area contributed by atoms with Crippen molar-refractivity contribution in [2.24, 2.45) is 5.92 Å². The molecule has 0 spiro atoms. The third-order valence-electron chi connectivity index (χ3n) is 4.54. The van der Waals surface area contributed by atoms with E-state index in [9.17, 15) is 14.3 Å². The molecule has 0 atom stereocenters. The van der Waals surface area contributed by atoms with Crippen LogP contribution in [0.25, 0.3) is 10.9 Å². The minimum atomic E-state index is -1.04. The number of nitrogens with zero attached hydrogens (tertiary/aromatic N) is 2. The lowest BCUT2D eigenvalue weighted by molar-refractivity contribution is 0.0698.